The summed E-state index contributed by atoms with van der Waals surface area (Å²) < 4.78 is 14.1. The molecule has 5 rings (SSSR count). The van der Waals surface area contributed by atoms with E-state index in [4.69, 9.17) is 9.47 Å². The summed E-state index contributed by atoms with van der Waals surface area (Å²) in [6.07, 6.45) is 3.91. The van der Waals surface area contributed by atoms with E-state index in [-0.39, 0.29) is 30.7 Å². The molecule has 0 aliphatic carbocycles. The Labute approximate surface area is 271 Å². The summed E-state index contributed by atoms with van der Waals surface area (Å²) in [6, 6.07) is 21.1. The van der Waals surface area contributed by atoms with Crippen LogP contribution in [-0.4, -0.2) is 51.6 Å². The van der Waals surface area contributed by atoms with E-state index in [9.17, 15) is 10.1 Å². The number of aromatic nitrogens is 3. The molecule has 1 fully saturated rings. The SMILES string of the molecule is CCCCOc1ccccc1N1CCN(Cc2cnc(C)n2Cc2ccc(C#N)c(Oc3cccc(C)n3)c2)CC1=O.Cl.Cl. The van der Waals surface area contributed by atoms with Crippen molar-refractivity contribution < 1.29 is 14.3 Å². The van der Waals surface area contributed by atoms with Gasteiger partial charge in [0.2, 0.25) is 11.8 Å². The lowest BCUT2D eigenvalue weighted by Crippen LogP contribution is -2.50. The van der Waals surface area contributed by atoms with Gasteiger partial charge in [-0.05, 0) is 56.2 Å². The number of pyridine rings is 1. The summed E-state index contributed by atoms with van der Waals surface area (Å²) in [6.45, 7) is 9.43. The Morgan fingerprint density at radius 2 is 1.80 bits per heavy atom. The molecule has 0 radical (unpaired) electrons. The fourth-order valence-corrected chi connectivity index (χ4v) is 5.04. The zero-order valence-electron chi connectivity index (χ0n) is 25.2. The molecule has 1 amide bonds. The number of piperazine rings is 1. The van der Waals surface area contributed by atoms with Gasteiger partial charge in [0, 0.05) is 44.1 Å². The lowest BCUT2D eigenvalue weighted by atomic mass is 10.1. The van der Waals surface area contributed by atoms with Gasteiger partial charge >= 0.3 is 0 Å². The van der Waals surface area contributed by atoms with E-state index in [0.29, 0.717) is 50.0 Å². The second kappa shape index (κ2) is 16.1. The molecule has 2 aromatic carbocycles. The van der Waals surface area contributed by atoms with Crippen LogP contribution in [0, 0.1) is 25.2 Å². The van der Waals surface area contributed by atoms with Gasteiger partial charge < -0.3 is 18.9 Å². The number of hydrogen-bond donors (Lipinski definition) is 0. The number of anilines is 1. The van der Waals surface area contributed by atoms with Gasteiger partial charge in [0.1, 0.15) is 23.4 Å². The van der Waals surface area contributed by atoms with Crippen LogP contribution < -0.4 is 14.4 Å². The third kappa shape index (κ3) is 8.29. The van der Waals surface area contributed by atoms with Gasteiger partial charge in [-0.15, -0.1) is 24.8 Å². The van der Waals surface area contributed by atoms with Crippen LogP contribution in [0.1, 0.15) is 48.1 Å². The Kier molecular flexibility index (Phi) is 12.6. The molecule has 232 valence electrons. The zero-order chi connectivity index (χ0) is 29.5. The van der Waals surface area contributed by atoms with Gasteiger partial charge in [-0.3, -0.25) is 9.69 Å². The molecule has 2 aromatic heterocycles. The van der Waals surface area contributed by atoms with Crippen LogP contribution >= 0.6 is 24.8 Å². The smallest absolute Gasteiger partial charge is 0.241 e. The Balaban J connectivity index is 0.00000264. The average Bonchev–Trinajstić information content (AvgIpc) is 3.32. The molecule has 4 aromatic rings. The van der Waals surface area contributed by atoms with E-state index in [1.54, 1.807) is 12.1 Å². The van der Waals surface area contributed by atoms with E-state index in [1.807, 2.05) is 73.5 Å². The molecule has 0 atom stereocenters. The van der Waals surface area contributed by atoms with Crippen LogP contribution in [0.2, 0.25) is 0 Å². The minimum absolute atomic E-state index is 0. The largest absolute Gasteiger partial charge is 0.491 e. The third-order valence-electron chi connectivity index (χ3n) is 7.32. The van der Waals surface area contributed by atoms with Crippen molar-refractivity contribution in [1.82, 2.24) is 19.4 Å². The van der Waals surface area contributed by atoms with Crippen LogP contribution in [0.3, 0.4) is 0 Å². The maximum absolute atomic E-state index is 13.3. The van der Waals surface area contributed by atoms with E-state index >= 15 is 0 Å². The fraction of sp³-hybridized carbons (Fsp3) is 0.333. The highest BCUT2D eigenvalue weighted by molar-refractivity contribution is 5.96. The predicted molar refractivity (Wildman–Crippen MR) is 175 cm³/mol. The average molecular weight is 638 g/mol. The number of hydrogen-bond acceptors (Lipinski definition) is 7. The highest BCUT2D eigenvalue weighted by Gasteiger charge is 2.28. The number of ether oxygens (including phenoxy) is 2. The lowest BCUT2D eigenvalue weighted by Gasteiger charge is -2.35. The summed E-state index contributed by atoms with van der Waals surface area (Å²) >= 11 is 0. The maximum atomic E-state index is 13.3. The number of amides is 1. The van der Waals surface area contributed by atoms with Crippen molar-refractivity contribution in [2.45, 2.75) is 46.7 Å². The lowest BCUT2D eigenvalue weighted by molar-refractivity contribution is -0.121. The molecule has 1 saturated heterocycles. The second-order valence-corrected chi connectivity index (χ2v) is 10.5. The van der Waals surface area contributed by atoms with Gasteiger partial charge in [-0.2, -0.15) is 5.26 Å². The third-order valence-corrected chi connectivity index (χ3v) is 7.32. The Morgan fingerprint density at radius 3 is 2.55 bits per heavy atom. The topological polar surface area (TPSA) is 96.5 Å². The van der Waals surface area contributed by atoms with E-state index < -0.39 is 0 Å². The number of halogens is 2. The predicted octanol–water partition coefficient (Wildman–Crippen LogP) is 6.48. The number of carbonyl (C=O) groups excluding carboxylic acids is 1. The normalized spacial score (nSPS) is 13.0. The van der Waals surface area contributed by atoms with E-state index in [1.165, 1.54) is 0 Å². The van der Waals surface area contributed by atoms with Crippen LogP contribution in [0.4, 0.5) is 5.69 Å². The van der Waals surface area contributed by atoms with Gasteiger partial charge in [0.25, 0.3) is 0 Å². The number of benzene rings is 2. The number of aryl methyl sites for hydroxylation is 2. The number of imidazole rings is 1. The van der Waals surface area contributed by atoms with Crippen LogP contribution in [0.5, 0.6) is 17.4 Å². The van der Waals surface area contributed by atoms with Crippen molar-refractivity contribution in [3.05, 3.63) is 95.2 Å². The second-order valence-electron chi connectivity index (χ2n) is 10.5. The molecule has 0 N–H and O–H groups in total. The number of nitrogens with zero attached hydrogens (tertiary/aromatic N) is 6. The standard InChI is InChI=1S/C33H36N6O3.2ClH/c1-4-5-17-41-30-11-7-6-10-29(30)38-16-15-37(23-33(38)40)22-28-20-35-25(3)39(28)21-26-13-14-27(19-34)31(18-26)42-32-12-8-9-24(2)36-32;;/h6-14,18,20H,4-5,15-17,21-23H2,1-3H3;2*1H. The van der Waals surface area contributed by atoms with Crippen molar-refractivity contribution in [3.8, 4) is 23.4 Å². The van der Waals surface area contributed by atoms with Crippen molar-refractivity contribution in [1.29, 1.82) is 5.26 Å². The summed E-state index contributed by atoms with van der Waals surface area (Å²) in [5, 5.41) is 9.64. The molecule has 9 nitrogen and oxygen atoms in total. The number of carbonyl (C=O) groups is 1. The van der Waals surface area contributed by atoms with E-state index in [0.717, 1.165) is 53.6 Å². The quantitative estimate of drug-likeness (QED) is 0.174. The van der Waals surface area contributed by atoms with Gasteiger partial charge in [-0.25, -0.2) is 9.97 Å². The van der Waals surface area contributed by atoms with Crippen molar-refractivity contribution in [3.63, 3.8) is 0 Å². The van der Waals surface area contributed by atoms with Gasteiger partial charge in [0.15, 0.2) is 0 Å². The van der Waals surface area contributed by atoms with Crippen LogP contribution in [0.25, 0.3) is 0 Å². The Hall–Kier alpha value is -4.10. The minimum atomic E-state index is 0. The minimum Gasteiger partial charge on any atom is -0.491 e. The van der Waals surface area contributed by atoms with Crippen LogP contribution in [0.15, 0.2) is 66.9 Å². The Morgan fingerprint density at radius 1 is 0.977 bits per heavy atom. The zero-order valence-corrected chi connectivity index (χ0v) is 26.9. The maximum Gasteiger partial charge on any atom is 0.241 e. The molecule has 44 heavy (non-hydrogen) atoms. The summed E-state index contributed by atoms with van der Waals surface area (Å²) in [5.74, 6) is 2.59. The molecule has 0 bridgehead atoms. The first-order chi connectivity index (χ1) is 20.4. The first-order valence-corrected chi connectivity index (χ1v) is 14.3. The van der Waals surface area contributed by atoms with E-state index in [2.05, 4.69) is 32.4 Å². The molecule has 0 saturated carbocycles. The van der Waals surface area contributed by atoms with Crippen molar-refractivity contribution in [2.75, 3.05) is 31.1 Å². The van der Waals surface area contributed by atoms with Crippen molar-refractivity contribution in [2.24, 2.45) is 0 Å². The molecule has 1 aliphatic rings. The number of unbranched alkanes of at least 4 members (excludes halogenated alkanes) is 1. The van der Waals surface area contributed by atoms with Crippen LogP contribution in [-0.2, 0) is 17.9 Å². The summed E-state index contributed by atoms with van der Waals surface area (Å²) in [5.41, 5.74) is 4.10. The van der Waals surface area contributed by atoms with Gasteiger partial charge in [-0.1, -0.05) is 37.6 Å². The first-order valence-electron chi connectivity index (χ1n) is 14.3. The molecule has 0 unspecified atom stereocenters. The summed E-state index contributed by atoms with van der Waals surface area (Å²) in [7, 11) is 0. The molecular formula is C33H38Cl2N6O3. The fourth-order valence-electron chi connectivity index (χ4n) is 5.04. The number of nitriles is 1. The van der Waals surface area contributed by atoms with Gasteiger partial charge in [0.05, 0.1) is 30.1 Å². The van der Waals surface area contributed by atoms with Crippen molar-refractivity contribution >= 4 is 36.4 Å². The number of rotatable bonds is 11. The molecule has 1 aliphatic heterocycles. The molecule has 3 heterocycles. The number of para-hydroxylation sites is 2. The molecule has 0 spiro atoms. The Bertz CT molecular complexity index is 1600. The monoisotopic (exact) mass is 636 g/mol. The highest BCUT2D eigenvalue weighted by atomic mass is 35.5. The first kappa shape index (κ1) is 34.4. The highest BCUT2D eigenvalue weighted by Crippen LogP contribution is 2.30. The summed E-state index contributed by atoms with van der Waals surface area (Å²) in [4.78, 5) is 26.3. The molecular weight excluding hydrogens is 599 g/mol. The molecule has 11 heteroatoms.